The van der Waals surface area contributed by atoms with Crippen molar-refractivity contribution in [1.29, 1.82) is 0 Å². The summed E-state index contributed by atoms with van der Waals surface area (Å²) in [6.45, 7) is 2.55. The first-order valence-corrected chi connectivity index (χ1v) is 5.36. The molecule has 17 heavy (non-hydrogen) atoms. The summed E-state index contributed by atoms with van der Waals surface area (Å²) in [4.78, 5) is 21.9. The lowest BCUT2D eigenvalue weighted by Crippen LogP contribution is -2.52. The van der Waals surface area contributed by atoms with Gasteiger partial charge in [0, 0.05) is 24.7 Å². The van der Waals surface area contributed by atoms with Gasteiger partial charge >= 0.3 is 0 Å². The van der Waals surface area contributed by atoms with Gasteiger partial charge in [-0.1, -0.05) is 12.1 Å². The quantitative estimate of drug-likeness (QED) is 0.585. The van der Waals surface area contributed by atoms with Crippen molar-refractivity contribution in [3.05, 3.63) is 39.9 Å². The number of non-ortho nitro benzene ring substituents is 1. The van der Waals surface area contributed by atoms with Gasteiger partial charge in [-0.25, -0.2) is 0 Å². The summed E-state index contributed by atoms with van der Waals surface area (Å²) in [6, 6.07) is 5.70. The number of carbonyl (C=O) groups is 1. The molecule has 1 saturated heterocycles. The molecule has 2 atom stereocenters. The number of hydrogen-bond acceptors (Lipinski definition) is 4. The van der Waals surface area contributed by atoms with Gasteiger partial charge in [0.1, 0.15) is 6.04 Å². The van der Waals surface area contributed by atoms with Gasteiger partial charge in [0.2, 0.25) is 5.91 Å². The Kier molecular flexibility index (Phi) is 3.06. The molecule has 1 heterocycles. The van der Waals surface area contributed by atoms with E-state index in [0.717, 1.165) is 0 Å². The molecule has 6 nitrogen and oxygen atoms in total. The molecule has 0 saturated carbocycles. The molecule has 1 amide bonds. The predicted molar refractivity (Wildman–Crippen MR) is 61.4 cm³/mol. The third-order valence-electron chi connectivity index (χ3n) is 2.69. The summed E-state index contributed by atoms with van der Waals surface area (Å²) >= 11 is 0. The summed E-state index contributed by atoms with van der Waals surface area (Å²) in [7, 11) is 0. The zero-order valence-corrected chi connectivity index (χ0v) is 9.34. The summed E-state index contributed by atoms with van der Waals surface area (Å²) in [5.74, 6) is -0.149. The second-order valence-corrected chi connectivity index (χ2v) is 4.10. The molecular weight excluding hydrogens is 222 g/mol. The molecule has 0 radical (unpaired) electrons. The van der Waals surface area contributed by atoms with Crippen LogP contribution in [0.15, 0.2) is 24.3 Å². The number of piperazine rings is 1. The number of amides is 1. The Morgan fingerprint density at radius 3 is 2.88 bits per heavy atom. The molecule has 1 aliphatic rings. The summed E-state index contributed by atoms with van der Waals surface area (Å²) in [6.07, 6.45) is 0. The molecule has 1 fully saturated rings. The van der Waals surface area contributed by atoms with Gasteiger partial charge < -0.3 is 10.6 Å². The van der Waals surface area contributed by atoms with E-state index in [-0.39, 0.29) is 17.6 Å². The summed E-state index contributed by atoms with van der Waals surface area (Å²) in [5.41, 5.74) is 0.610. The van der Waals surface area contributed by atoms with E-state index >= 15 is 0 Å². The minimum absolute atomic E-state index is 0.00396. The maximum absolute atomic E-state index is 11.7. The van der Waals surface area contributed by atoms with Crippen LogP contribution in [0.5, 0.6) is 0 Å². The molecular formula is C11H13N3O3. The molecule has 0 aromatic heterocycles. The van der Waals surface area contributed by atoms with E-state index in [4.69, 9.17) is 0 Å². The van der Waals surface area contributed by atoms with Crippen LogP contribution in [0.4, 0.5) is 5.69 Å². The standard InChI is InChI=1S/C11H13N3O3/c1-7-6-12-10(11(15)13-7)8-3-2-4-9(5-8)14(16)17/h2-5,7,10,12H,6H2,1H3,(H,13,15)/t7-,10-/m0/s1. The minimum Gasteiger partial charge on any atom is -0.351 e. The molecule has 6 heteroatoms. The van der Waals surface area contributed by atoms with Gasteiger partial charge in [-0.05, 0) is 12.5 Å². The molecule has 90 valence electrons. The van der Waals surface area contributed by atoms with Gasteiger partial charge in [-0.2, -0.15) is 0 Å². The SMILES string of the molecule is C[C@H]1CN[C@@H](c2cccc([N+](=O)[O-])c2)C(=O)N1. The van der Waals surface area contributed by atoms with Crippen molar-refractivity contribution in [2.45, 2.75) is 19.0 Å². The highest BCUT2D eigenvalue weighted by Crippen LogP contribution is 2.20. The lowest BCUT2D eigenvalue weighted by atomic mass is 10.0. The smallest absolute Gasteiger partial charge is 0.269 e. The first-order valence-electron chi connectivity index (χ1n) is 5.36. The average Bonchev–Trinajstić information content (AvgIpc) is 2.29. The number of nitro groups is 1. The van der Waals surface area contributed by atoms with Gasteiger partial charge in [0.15, 0.2) is 0 Å². The highest BCUT2D eigenvalue weighted by Gasteiger charge is 2.27. The van der Waals surface area contributed by atoms with E-state index in [1.54, 1.807) is 12.1 Å². The van der Waals surface area contributed by atoms with Crippen LogP contribution in [0.3, 0.4) is 0 Å². The first kappa shape index (κ1) is 11.5. The maximum Gasteiger partial charge on any atom is 0.269 e. The second-order valence-electron chi connectivity index (χ2n) is 4.10. The number of benzene rings is 1. The largest absolute Gasteiger partial charge is 0.351 e. The van der Waals surface area contributed by atoms with Crippen LogP contribution in [0.25, 0.3) is 0 Å². The van der Waals surface area contributed by atoms with Crippen LogP contribution < -0.4 is 10.6 Å². The van der Waals surface area contributed by atoms with Crippen LogP contribution in [-0.2, 0) is 4.79 Å². The lowest BCUT2D eigenvalue weighted by Gasteiger charge is -2.28. The molecule has 2 rings (SSSR count). The monoisotopic (exact) mass is 235 g/mol. The van der Waals surface area contributed by atoms with Crippen molar-refractivity contribution >= 4 is 11.6 Å². The summed E-state index contributed by atoms with van der Waals surface area (Å²) in [5, 5.41) is 16.5. The van der Waals surface area contributed by atoms with Gasteiger partial charge in [-0.15, -0.1) is 0 Å². The Morgan fingerprint density at radius 2 is 2.24 bits per heavy atom. The predicted octanol–water partition coefficient (Wildman–Crippen LogP) is 0.744. The van der Waals surface area contributed by atoms with E-state index in [1.807, 2.05) is 6.92 Å². The fraction of sp³-hybridized carbons (Fsp3) is 0.364. The van der Waals surface area contributed by atoms with Crippen LogP contribution >= 0.6 is 0 Å². The number of rotatable bonds is 2. The molecule has 0 bridgehead atoms. The number of carbonyl (C=O) groups excluding carboxylic acids is 1. The number of nitrogens with one attached hydrogen (secondary N) is 2. The molecule has 0 spiro atoms. The second kappa shape index (κ2) is 4.50. The van der Waals surface area contributed by atoms with E-state index in [9.17, 15) is 14.9 Å². The van der Waals surface area contributed by atoms with E-state index in [0.29, 0.717) is 12.1 Å². The molecule has 1 aliphatic heterocycles. The Balaban J connectivity index is 2.25. The lowest BCUT2D eigenvalue weighted by molar-refractivity contribution is -0.384. The molecule has 0 aliphatic carbocycles. The van der Waals surface area contributed by atoms with Gasteiger partial charge in [0.25, 0.3) is 5.69 Å². The van der Waals surface area contributed by atoms with Gasteiger partial charge in [-0.3, -0.25) is 14.9 Å². The van der Waals surface area contributed by atoms with E-state index in [1.165, 1.54) is 12.1 Å². The molecule has 0 unspecified atom stereocenters. The van der Waals surface area contributed by atoms with Crippen LogP contribution in [-0.4, -0.2) is 23.4 Å². The van der Waals surface area contributed by atoms with Crippen molar-refractivity contribution < 1.29 is 9.72 Å². The summed E-state index contributed by atoms with van der Waals surface area (Å²) < 4.78 is 0. The zero-order chi connectivity index (χ0) is 12.4. The van der Waals surface area contributed by atoms with Crippen LogP contribution in [0.2, 0.25) is 0 Å². The van der Waals surface area contributed by atoms with Crippen molar-refractivity contribution in [2.75, 3.05) is 6.54 Å². The first-order chi connectivity index (χ1) is 8.08. The van der Waals surface area contributed by atoms with Crippen molar-refractivity contribution in [1.82, 2.24) is 10.6 Å². The highest BCUT2D eigenvalue weighted by atomic mass is 16.6. The third kappa shape index (κ3) is 2.42. The molecule has 2 N–H and O–H groups in total. The average molecular weight is 235 g/mol. The highest BCUT2D eigenvalue weighted by molar-refractivity contribution is 5.84. The fourth-order valence-electron chi connectivity index (χ4n) is 1.85. The van der Waals surface area contributed by atoms with Crippen LogP contribution in [0.1, 0.15) is 18.5 Å². The van der Waals surface area contributed by atoms with Crippen molar-refractivity contribution in [3.8, 4) is 0 Å². The Bertz CT molecular complexity index is 461. The fourth-order valence-corrected chi connectivity index (χ4v) is 1.85. The number of nitrogens with zero attached hydrogens (tertiary/aromatic N) is 1. The maximum atomic E-state index is 11.7. The number of hydrogen-bond donors (Lipinski definition) is 2. The Labute approximate surface area is 98.2 Å². The van der Waals surface area contributed by atoms with Gasteiger partial charge in [0.05, 0.1) is 4.92 Å². The normalized spacial score (nSPS) is 24.2. The van der Waals surface area contributed by atoms with Crippen molar-refractivity contribution in [2.24, 2.45) is 0 Å². The topological polar surface area (TPSA) is 84.3 Å². The van der Waals surface area contributed by atoms with E-state index < -0.39 is 11.0 Å². The molecule has 1 aromatic rings. The number of nitro benzene ring substituents is 1. The van der Waals surface area contributed by atoms with Crippen LogP contribution in [0, 0.1) is 10.1 Å². The van der Waals surface area contributed by atoms with Crippen molar-refractivity contribution in [3.63, 3.8) is 0 Å². The minimum atomic E-state index is -0.508. The Hall–Kier alpha value is -1.95. The third-order valence-corrected chi connectivity index (χ3v) is 2.69. The molecule has 1 aromatic carbocycles. The van der Waals surface area contributed by atoms with E-state index in [2.05, 4.69) is 10.6 Å². The zero-order valence-electron chi connectivity index (χ0n) is 9.34. The Morgan fingerprint density at radius 1 is 1.47 bits per heavy atom.